The molecule has 2 aromatic rings. The average molecular weight is 399 g/mol. The third-order valence-electron chi connectivity index (χ3n) is 4.23. The lowest BCUT2D eigenvalue weighted by molar-refractivity contribution is -0.124. The lowest BCUT2D eigenvalue weighted by Gasteiger charge is -2.34. The smallest absolute Gasteiger partial charge is 0.245 e. The number of hydrogen-bond acceptors (Lipinski definition) is 3. The van der Waals surface area contributed by atoms with Crippen LogP contribution in [-0.2, 0) is 27.8 Å². The van der Waals surface area contributed by atoms with E-state index in [1.54, 1.807) is 0 Å². The third-order valence-corrected chi connectivity index (χ3v) is 6.81. The Morgan fingerprint density at radius 3 is 2.52 bits per heavy atom. The van der Waals surface area contributed by atoms with Crippen molar-refractivity contribution in [2.45, 2.75) is 23.9 Å². The highest BCUT2D eigenvalue weighted by Crippen LogP contribution is 2.33. The van der Waals surface area contributed by atoms with Gasteiger partial charge in [0, 0.05) is 18.6 Å². The lowest BCUT2D eigenvalue weighted by atomic mass is 9.95. The van der Waals surface area contributed by atoms with E-state index < -0.39 is 16.1 Å². The maximum atomic E-state index is 13.2. The van der Waals surface area contributed by atoms with Gasteiger partial charge in [0.2, 0.25) is 15.9 Å². The van der Waals surface area contributed by atoms with Gasteiger partial charge in [-0.05, 0) is 35.7 Å². The molecular formula is C17H16Cl2N2O3S. The van der Waals surface area contributed by atoms with Crippen molar-refractivity contribution in [3.8, 4) is 0 Å². The molecular weight excluding hydrogens is 383 g/mol. The van der Waals surface area contributed by atoms with Crippen LogP contribution in [0, 0.1) is 0 Å². The van der Waals surface area contributed by atoms with Crippen LogP contribution in [0.5, 0.6) is 0 Å². The lowest BCUT2D eigenvalue weighted by Crippen LogP contribution is -2.51. The normalized spacial score (nSPS) is 17.8. The van der Waals surface area contributed by atoms with Gasteiger partial charge in [0.05, 0.1) is 5.02 Å². The van der Waals surface area contributed by atoms with Gasteiger partial charge in [-0.1, -0.05) is 47.5 Å². The van der Waals surface area contributed by atoms with Crippen LogP contribution in [0.3, 0.4) is 0 Å². The number of amides is 1. The predicted octanol–water partition coefficient (Wildman–Crippen LogP) is 2.86. The molecule has 0 fully saturated rings. The highest BCUT2D eigenvalue weighted by Gasteiger charge is 2.40. The summed E-state index contributed by atoms with van der Waals surface area (Å²) in [6.07, 6.45) is 0.299. The minimum absolute atomic E-state index is 0.0684. The van der Waals surface area contributed by atoms with Crippen LogP contribution >= 0.6 is 23.2 Å². The van der Waals surface area contributed by atoms with Crippen LogP contribution in [0.25, 0.3) is 0 Å². The van der Waals surface area contributed by atoms with E-state index in [0.717, 1.165) is 11.1 Å². The maximum absolute atomic E-state index is 13.2. The Balaban J connectivity index is 2.11. The van der Waals surface area contributed by atoms with Gasteiger partial charge in [-0.15, -0.1) is 0 Å². The zero-order valence-corrected chi connectivity index (χ0v) is 15.7. The van der Waals surface area contributed by atoms with Gasteiger partial charge >= 0.3 is 0 Å². The SMILES string of the molecule is CNC(=O)C1Cc2ccccc2CN1S(=O)(=O)c1cc(Cl)ccc1Cl. The van der Waals surface area contributed by atoms with Crippen LogP contribution in [0.15, 0.2) is 47.4 Å². The summed E-state index contributed by atoms with van der Waals surface area (Å²) in [5.74, 6) is -0.365. The molecule has 0 saturated heterocycles. The second-order valence-electron chi connectivity index (χ2n) is 5.73. The van der Waals surface area contributed by atoms with Gasteiger partial charge in [0.25, 0.3) is 0 Å². The van der Waals surface area contributed by atoms with Crippen molar-refractivity contribution in [2.75, 3.05) is 7.05 Å². The fourth-order valence-electron chi connectivity index (χ4n) is 2.94. The first kappa shape index (κ1) is 18.2. The molecule has 1 atom stereocenters. The number of carbonyl (C=O) groups excluding carboxylic acids is 1. The molecule has 5 nitrogen and oxygen atoms in total. The first-order valence-electron chi connectivity index (χ1n) is 7.60. The molecule has 0 aliphatic carbocycles. The molecule has 0 spiro atoms. The number of likely N-dealkylation sites (N-methyl/N-ethyl adjacent to an activating group) is 1. The molecule has 8 heteroatoms. The molecule has 0 saturated carbocycles. The van der Waals surface area contributed by atoms with Crippen molar-refractivity contribution < 1.29 is 13.2 Å². The molecule has 25 heavy (non-hydrogen) atoms. The number of carbonyl (C=O) groups is 1. The molecule has 2 aromatic carbocycles. The van der Waals surface area contributed by atoms with Gasteiger partial charge in [-0.25, -0.2) is 8.42 Å². The summed E-state index contributed by atoms with van der Waals surface area (Å²) in [4.78, 5) is 12.2. The fraction of sp³-hybridized carbons (Fsp3) is 0.235. The molecule has 0 aromatic heterocycles. The monoisotopic (exact) mass is 398 g/mol. The van der Waals surface area contributed by atoms with Crippen molar-refractivity contribution in [2.24, 2.45) is 0 Å². The van der Waals surface area contributed by atoms with Gasteiger partial charge < -0.3 is 5.32 Å². The topological polar surface area (TPSA) is 66.5 Å². The maximum Gasteiger partial charge on any atom is 0.245 e. The zero-order chi connectivity index (χ0) is 18.2. The summed E-state index contributed by atoms with van der Waals surface area (Å²) in [5, 5.41) is 2.87. The highest BCUT2D eigenvalue weighted by molar-refractivity contribution is 7.89. The molecule has 132 valence electrons. The largest absolute Gasteiger partial charge is 0.358 e. The van der Waals surface area contributed by atoms with E-state index in [0.29, 0.717) is 6.42 Å². The van der Waals surface area contributed by atoms with Gasteiger partial charge in [0.1, 0.15) is 10.9 Å². The van der Waals surface area contributed by atoms with Crippen LogP contribution in [-0.4, -0.2) is 31.7 Å². The van der Waals surface area contributed by atoms with E-state index in [-0.39, 0.29) is 27.4 Å². The Hall–Kier alpha value is -1.60. The van der Waals surface area contributed by atoms with Gasteiger partial charge in [-0.2, -0.15) is 4.31 Å². The molecule has 0 radical (unpaired) electrons. The average Bonchev–Trinajstić information content (AvgIpc) is 2.61. The number of benzene rings is 2. The minimum Gasteiger partial charge on any atom is -0.358 e. The van der Waals surface area contributed by atoms with E-state index >= 15 is 0 Å². The summed E-state index contributed by atoms with van der Waals surface area (Å²) < 4.78 is 27.6. The summed E-state index contributed by atoms with van der Waals surface area (Å²) in [6, 6.07) is 10.9. The molecule has 1 heterocycles. The summed E-state index contributed by atoms with van der Waals surface area (Å²) in [5.41, 5.74) is 1.82. The zero-order valence-electron chi connectivity index (χ0n) is 13.4. The summed E-state index contributed by atoms with van der Waals surface area (Å²) >= 11 is 12.0. The van der Waals surface area contributed by atoms with Crippen molar-refractivity contribution in [1.82, 2.24) is 9.62 Å². The number of rotatable bonds is 3. The van der Waals surface area contributed by atoms with E-state index in [1.807, 2.05) is 24.3 Å². The van der Waals surface area contributed by atoms with E-state index in [1.165, 1.54) is 29.6 Å². The third kappa shape index (κ3) is 3.40. The van der Waals surface area contributed by atoms with Crippen molar-refractivity contribution in [1.29, 1.82) is 0 Å². The van der Waals surface area contributed by atoms with Crippen LogP contribution < -0.4 is 5.32 Å². The number of hydrogen-bond donors (Lipinski definition) is 1. The Morgan fingerprint density at radius 2 is 1.84 bits per heavy atom. The molecule has 1 aliphatic heterocycles. The standard InChI is InChI=1S/C17H16Cl2N2O3S/c1-20-17(22)15-8-11-4-2-3-5-12(11)10-21(15)25(23,24)16-9-13(18)6-7-14(16)19/h2-7,9,15H,8,10H2,1H3,(H,20,22). The van der Waals surface area contributed by atoms with Crippen LogP contribution in [0.2, 0.25) is 10.0 Å². The van der Waals surface area contributed by atoms with Crippen LogP contribution in [0.4, 0.5) is 0 Å². The molecule has 1 unspecified atom stereocenters. The predicted molar refractivity (Wildman–Crippen MR) is 97.2 cm³/mol. The molecule has 3 rings (SSSR count). The van der Waals surface area contributed by atoms with Crippen molar-refractivity contribution in [3.05, 3.63) is 63.6 Å². The Labute approximate surface area is 156 Å². The second-order valence-corrected chi connectivity index (χ2v) is 8.43. The number of fused-ring (bicyclic) bond motifs is 1. The number of sulfonamides is 1. The number of halogens is 2. The Bertz CT molecular complexity index is 931. The first-order valence-corrected chi connectivity index (χ1v) is 9.79. The van der Waals surface area contributed by atoms with Gasteiger partial charge in [-0.3, -0.25) is 4.79 Å². The number of nitrogens with one attached hydrogen (secondary N) is 1. The Kier molecular flexibility index (Phi) is 5.06. The summed E-state index contributed by atoms with van der Waals surface area (Å²) in [7, 11) is -2.52. The van der Waals surface area contributed by atoms with E-state index in [2.05, 4.69) is 5.32 Å². The second kappa shape index (κ2) is 6.96. The Morgan fingerprint density at radius 1 is 1.16 bits per heavy atom. The minimum atomic E-state index is -4.01. The summed E-state index contributed by atoms with van der Waals surface area (Å²) in [6.45, 7) is 0.0967. The first-order chi connectivity index (χ1) is 11.8. The van der Waals surface area contributed by atoms with E-state index in [9.17, 15) is 13.2 Å². The molecule has 1 aliphatic rings. The van der Waals surface area contributed by atoms with E-state index in [4.69, 9.17) is 23.2 Å². The highest BCUT2D eigenvalue weighted by atomic mass is 35.5. The van der Waals surface area contributed by atoms with Crippen molar-refractivity contribution in [3.63, 3.8) is 0 Å². The fourth-order valence-corrected chi connectivity index (χ4v) is 5.25. The molecule has 1 N–H and O–H groups in total. The van der Waals surface area contributed by atoms with Crippen molar-refractivity contribution >= 4 is 39.1 Å². The van der Waals surface area contributed by atoms with Crippen LogP contribution in [0.1, 0.15) is 11.1 Å². The van der Waals surface area contributed by atoms with Gasteiger partial charge in [0.15, 0.2) is 0 Å². The molecule has 0 bridgehead atoms. The quantitative estimate of drug-likeness (QED) is 0.863. The molecule has 1 amide bonds. The number of nitrogens with zero attached hydrogens (tertiary/aromatic N) is 1.